The first-order chi connectivity index (χ1) is 8.79. The first kappa shape index (κ1) is 15.6. The lowest BCUT2D eigenvalue weighted by Gasteiger charge is -2.18. The zero-order chi connectivity index (χ0) is 14.6. The standard InChI is InChI=1S/C11H13BrF3N3O/c1-2-9(10(16)18-19)17-6-3-4-8(12)7(5-6)11(13,14)15/h3-5,9,17,19H,2H2,1H3,(H2,16,18). The van der Waals surface area contributed by atoms with Crippen molar-refractivity contribution < 1.29 is 18.4 Å². The monoisotopic (exact) mass is 339 g/mol. The number of hydrogen-bond acceptors (Lipinski definition) is 3. The van der Waals surface area contributed by atoms with E-state index in [1.165, 1.54) is 12.1 Å². The molecule has 0 radical (unpaired) electrons. The minimum atomic E-state index is -4.45. The summed E-state index contributed by atoms with van der Waals surface area (Å²) >= 11 is 2.86. The largest absolute Gasteiger partial charge is 0.417 e. The molecular formula is C11H13BrF3N3O. The average molecular weight is 340 g/mol. The molecule has 0 aliphatic rings. The Hall–Kier alpha value is -1.44. The minimum absolute atomic E-state index is 0.0394. The molecule has 4 N–H and O–H groups in total. The van der Waals surface area contributed by atoms with Crippen LogP contribution >= 0.6 is 15.9 Å². The normalized spacial score (nSPS) is 14.3. The average Bonchev–Trinajstić information content (AvgIpc) is 2.35. The summed E-state index contributed by atoms with van der Waals surface area (Å²) in [6, 6.07) is 3.21. The SMILES string of the molecule is CCC(Nc1ccc(Br)c(C(F)(F)F)c1)C(N)=NO. The molecule has 106 valence electrons. The Morgan fingerprint density at radius 1 is 1.53 bits per heavy atom. The second-order valence-electron chi connectivity index (χ2n) is 3.82. The highest BCUT2D eigenvalue weighted by molar-refractivity contribution is 9.10. The third kappa shape index (κ3) is 4.02. The summed E-state index contributed by atoms with van der Waals surface area (Å²) in [5.74, 6) is -0.0843. The molecule has 1 aromatic rings. The predicted molar refractivity (Wildman–Crippen MR) is 70.3 cm³/mol. The number of oxime groups is 1. The van der Waals surface area contributed by atoms with Gasteiger partial charge in [-0.15, -0.1) is 0 Å². The van der Waals surface area contributed by atoms with Crippen LogP contribution in [0.1, 0.15) is 18.9 Å². The van der Waals surface area contributed by atoms with Gasteiger partial charge in [0.05, 0.1) is 11.6 Å². The molecule has 0 heterocycles. The molecule has 0 aliphatic carbocycles. The molecule has 0 saturated carbocycles. The van der Waals surface area contributed by atoms with E-state index in [1.807, 2.05) is 0 Å². The predicted octanol–water partition coefficient (Wildman–Crippen LogP) is 3.40. The van der Waals surface area contributed by atoms with E-state index in [1.54, 1.807) is 6.92 Å². The first-order valence-corrected chi connectivity index (χ1v) is 6.19. The third-order valence-electron chi connectivity index (χ3n) is 2.49. The second kappa shape index (κ2) is 6.14. The number of rotatable bonds is 4. The minimum Gasteiger partial charge on any atom is -0.409 e. The first-order valence-electron chi connectivity index (χ1n) is 5.40. The van der Waals surface area contributed by atoms with Crippen LogP contribution in [0.5, 0.6) is 0 Å². The van der Waals surface area contributed by atoms with Gasteiger partial charge in [0, 0.05) is 10.2 Å². The number of amidine groups is 1. The number of anilines is 1. The van der Waals surface area contributed by atoms with Crippen LogP contribution in [0.3, 0.4) is 0 Å². The molecule has 0 saturated heterocycles. The molecular weight excluding hydrogens is 327 g/mol. The number of halogens is 4. The van der Waals surface area contributed by atoms with Crippen LogP contribution in [0.2, 0.25) is 0 Å². The molecule has 1 aromatic carbocycles. The molecule has 4 nitrogen and oxygen atoms in total. The van der Waals surface area contributed by atoms with E-state index in [0.717, 1.165) is 6.07 Å². The van der Waals surface area contributed by atoms with Crippen molar-refractivity contribution in [3.63, 3.8) is 0 Å². The zero-order valence-corrected chi connectivity index (χ0v) is 11.6. The van der Waals surface area contributed by atoms with Crippen LogP contribution in [0, 0.1) is 0 Å². The van der Waals surface area contributed by atoms with Crippen molar-refractivity contribution in [2.24, 2.45) is 10.9 Å². The highest BCUT2D eigenvalue weighted by Gasteiger charge is 2.33. The molecule has 0 aromatic heterocycles. The van der Waals surface area contributed by atoms with Crippen molar-refractivity contribution in [2.45, 2.75) is 25.6 Å². The third-order valence-corrected chi connectivity index (χ3v) is 3.18. The Morgan fingerprint density at radius 2 is 2.16 bits per heavy atom. The molecule has 0 amide bonds. The van der Waals surface area contributed by atoms with E-state index < -0.39 is 17.8 Å². The van der Waals surface area contributed by atoms with E-state index in [9.17, 15) is 13.2 Å². The maximum absolute atomic E-state index is 12.7. The van der Waals surface area contributed by atoms with Crippen molar-refractivity contribution >= 4 is 27.5 Å². The van der Waals surface area contributed by atoms with Crippen molar-refractivity contribution in [1.29, 1.82) is 0 Å². The van der Waals surface area contributed by atoms with Crippen molar-refractivity contribution in [3.05, 3.63) is 28.2 Å². The Morgan fingerprint density at radius 3 is 2.63 bits per heavy atom. The maximum Gasteiger partial charge on any atom is 0.417 e. The van der Waals surface area contributed by atoms with Crippen molar-refractivity contribution in [1.82, 2.24) is 0 Å². The quantitative estimate of drug-likeness (QED) is 0.340. The smallest absolute Gasteiger partial charge is 0.409 e. The van der Waals surface area contributed by atoms with Crippen LogP contribution in [0.15, 0.2) is 27.8 Å². The number of alkyl halides is 3. The number of nitrogens with one attached hydrogen (secondary N) is 1. The number of nitrogens with zero attached hydrogens (tertiary/aromatic N) is 1. The topological polar surface area (TPSA) is 70.6 Å². The van der Waals surface area contributed by atoms with Gasteiger partial charge in [-0.05, 0) is 24.6 Å². The van der Waals surface area contributed by atoms with E-state index >= 15 is 0 Å². The Labute approximate surface area is 116 Å². The van der Waals surface area contributed by atoms with Crippen molar-refractivity contribution in [3.8, 4) is 0 Å². The molecule has 0 spiro atoms. The van der Waals surface area contributed by atoms with Gasteiger partial charge in [0.25, 0.3) is 0 Å². The molecule has 0 bridgehead atoms. The summed E-state index contributed by atoms with van der Waals surface area (Å²) in [6.45, 7) is 1.76. The van der Waals surface area contributed by atoms with Gasteiger partial charge in [-0.25, -0.2) is 0 Å². The van der Waals surface area contributed by atoms with Crippen molar-refractivity contribution in [2.75, 3.05) is 5.32 Å². The number of hydrogen-bond donors (Lipinski definition) is 3. The zero-order valence-electron chi connectivity index (χ0n) is 10.0. The molecule has 1 rings (SSSR count). The fraction of sp³-hybridized carbons (Fsp3) is 0.364. The van der Waals surface area contributed by atoms with E-state index in [0.29, 0.717) is 6.42 Å². The van der Waals surface area contributed by atoms with Crippen LogP contribution in [0.25, 0.3) is 0 Å². The van der Waals surface area contributed by atoms with Gasteiger partial charge < -0.3 is 16.3 Å². The highest BCUT2D eigenvalue weighted by atomic mass is 79.9. The van der Waals surface area contributed by atoms with Crippen LogP contribution < -0.4 is 11.1 Å². The summed E-state index contributed by atoms with van der Waals surface area (Å²) in [4.78, 5) is 0. The summed E-state index contributed by atoms with van der Waals surface area (Å²) in [7, 11) is 0. The summed E-state index contributed by atoms with van der Waals surface area (Å²) < 4.78 is 38.1. The fourth-order valence-corrected chi connectivity index (χ4v) is 1.96. The van der Waals surface area contributed by atoms with Gasteiger partial charge in [0.15, 0.2) is 5.84 Å². The molecule has 19 heavy (non-hydrogen) atoms. The van der Waals surface area contributed by atoms with E-state index in [2.05, 4.69) is 26.4 Å². The summed E-state index contributed by atoms with van der Waals surface area (Å²) in [6.07, 6.45) is -3.98. The number of benzene rings is 1. The lowest BCUT2D eigenvalue weighted by molar-refractivity contribution is -0.138. The van der Waals surface area contributed by atoms with Gasteiger partial charge in [-0.1, -0.05) is 28.0 Å². The van der Waals surface area contributed by atoms with E-state index in [4.69, 9.17) is 10.9 Å². The lowest BCUT2D eigenvalue weighted by Crippen LogP contribution is -2.35. The lowest BCUT2D eigenvalue weighted by atomic mass is 10.1. The molecule has 0 fully saturated rings. The number of nitrogens with two attached hydrogens (primary N) is 1. The van der Waals surface area contributed by atoms with Crippen LogP contribution in [-0.2, 0) is 6.18 Å². The van der Waals surface area contributed by atoms with Gasteiger partial charge in [0.1, 0.15) is 0 Å². The molecule has 1 unspecified atom stereocenters. The molecule has 1 atom stereocenters. The summed E-state index contributed by atoms with van der Waals surface area (Å²) in [5, 5.41) is 14.2. The Kier molecular flexibility index (Phi) is 5.04. The fourth-order valence-electron chi connectivity index (χ4n) is 1.49. The highest BCUT2D eigenvalue weighted by Crippen LogP contribution is 2.36. The Balaban J connectivity index is 3.03. The van der Waals surface area contributed by atoms with Gasteiger partial charge in [0.2, 0.25) is 0 Å². The Bertz CT molecular complexity index is 477. The molecule has 8 heteroatoms. The van der Waals surface area contributed by atoms with E-state index in [-0.39, 0.29) is 16.0 Å². The van der Waals surface area contributed by atoms with Gasteiger partial charge in [-0.3, -0.25) is 0 Å². The summed E-state index contributed by atoms with van der Waals surface area (Å²) in [5.41, 5.74) is 4.89. The van der Waals surface area contributed by atoms with Gasteiger partial charge >= 0.3 is 6.18 Å². The van der Waals surface area contributed by atoms with Crippen LogP contribution in [0.4, 0.5) is 18.9 Å². The van der Waals surface area contributed by atoms with Gasteiger partial charge in [-0.2, -0.15) is 13.2 Å². The van der Waals surface area contributed by atoms with Crippen LogP contribution in [-0.4, -0.2) is 17.1 Å². The maximum atomic E-state index is 12.7. The second-order valence-corrected chi connectivity index (χ2v) is 4.68. The molecule has 0 aliphatic heterocycles.